The molecule has 0 saturated heterocycles. The summed E-state index contributed by atoms with van der Waals surface area (Å²) in [6, 6.07) is 21.6. The number of hydrogen-bond acceptors (Lipinski definition) is 3. The van der Waals surface area contributed by atoms with Crippen LogP contribution in [-0.4, -0.2) is 29.8 Å². The van der Waals surface area contributed by atoms with E-state index in [2.05, 4.69) is 18.7 Å². The number of carbonyl (C=O) groups is 2. The molecule has 0 radical (unpaired) electrons. The highest BCUT2D eigenvalue weighted by Crippen LogP contribution is 2.42. The number of amides is 2. The number of benzene rings is 3. The summed E-state index contributed by atoms with van der Waals surface area (Å²) in [4.78, 5) is 32.1. The Hall–Kier alpha value is -3.31. The monoisotopic (exact) mass is 426 g/mol. The lowest BCUT2D eigenvalue weighted by atomic mass is 9.99. The van der Waals surface area contributed by atoms with Gasteiger partial charge in [0.05, 0.1) is 11.3 Å². The van der Waals surface area contributed by atoms with Gasteiger partial charge in [-0.3, -0.25) is 9.59 Å². The molecule has 2 aliphatic rings. The minimum absolute atomic E-state index is 0.00457. The van der Waals surface area contributed by atoms with Crippen molar-refractivity contribution in [2.75, 3.05) is 18.0 Å². The Kier molecular flexibility index (Phi) is 5.12. The van der Waals surface area contributed by atoms with Crippen molar-refractivity contribution in [2.24, 2.45) is 0 Å². The first-order valence-electron chi connectivity index (χ1n) is 10.4. The molecule has 0 fully saturated rings. The van der Waals surface area contributed by atoms with E-state index in [0.717, 1.165) is 21.9 Å². The van der Waals surface area contributed by atoms with Gasteiger partial charge in [0.2, 0.25) is 0 Å². The van der Waals surface area contributed by atoms with Gasteiger partial charge in [0, 0.05) is 35.0 Å². The van der Waals surface area contributed by atoms with Crippen molar-refractivity contribution >= 4 is 29.3 Å². The average Bonchev–Trinajstić information content (AvgIpc) is 2.93. The molecule has 3 aromatic rings. The molecule has 0 bridgehead atoms. The van der Waals surface area contributed by atoms with Gasteiger partial charge in [-0.05, 0) is 47.9 Å². The second-order valence-corrected chi connectivity index (χ2v) is 8.81. The number of fused-ring (bicyclic) bond motifs is 3. The molecule has 0 unspecified atom stereocenters. The van der Waals surface area contributed by atoms with E-state index in [1.165, 1.54) is 11.1 Å². The van der Waals surface area contributed by atoms with Gasteiger partial charge in [0.15, 0.2) is 0 Å². The number of hydrogen-bond donors (Lipinski definition) is 0. The molecule has 0 N–H and O–H groups in total. The number of carbonyl (C=O) groups excluding carboxylic acids is 2. The van der Waals surface area contributed by atoms with Crippen LogP contribution in [0.2, 0.25) is 0 Å². The van der Waals surface area contributed by atoms with Crippen LogP contribution in [0.1, 0.15) is 31.8 Å². The zero-order chi connectivity index (χ0) is 21.4. The molecule has 154 valence electrons. The third kappa shape index (κ3) is 3.55. The van der Waals surface area contributed by atoms with Crippen molar-refractivity contribution < 1.29 is 9.59 Å². The average molecular weight is 427 g/mol. The second kappa shape index (κ2) is 8.08. The van der Waals surface area contributed by atoms with Gasteiger partial charge in [-0.15, -0.1) is 6.58 Å². The maximum atomic E-state index is 13.3. The smallest absolute Gasteiger partial charge is 0.259 e. The fourth-order valence-corrected chi connectivity index (χ4v) is 5.27. The van der Waals surface area contributed by atoms with Gasteiger partial charge < -0.3 is 9.80 Å². The Balaban J connectivity index is 1.50. The summed E-state index contributed by atoms with van der Waals surface area (Å²) >= 11 is 1.56. The van der Waals surface area contributed by atoms with E-state index in [4.69, 9.17) is 0 Å². The highest BCUT2D eigenvalue weighted by atomic mass is 32.2. The molecular formula is C26H22N2O2S. The summed E-state index contributed by atoms with van der Waals surface area (Å²) in [7, 11) is 0. The van der Waals surface area contributed by atoms with Crippen molar-refractivity contribution in [1.82, 2.24) is 4.90 Å². The third-order valence-corrected chi connectivity index (χ3v) is 6.95. The number of anilines is 1. The minimum atomic E-state index is -0.0711. The zero-order valence-electron chi connectivity index (χ0n) is 17.1. The van der Waals surface area contributed by atoms with Crippen LogP contribution in [0.25, 0.3) is 0 Å². The molecular weight excluding hydrogens is 404 g/mol. The van der Waals surface area contributed by atoms with E-state index in [0.29, 0.717) is 30.8 Å². The molecule has 2 aliphatic heterocycles. The highest BCUT2D eigenvalue weighted by molar-refractivity contribution is 7.99. The second-order valence-electron chi connectivity index (χ2n) is 7.73. The molecule has 2 amide bonds. The molecule has 5 rings (SSSR count). The standard InChI is InChI=1S/C26H22N2O2S/c1-2-14-28-22-16-19(25(29)27-15-13-18-7-3-4-8-20(18)17-27)11-12-24(22)31-23-10-6-5-9-21(23)26(28)30/h2-12,16H,1,13-15,17H2. The molecule has 0 aromatic heterocycles. The normalized spacial score (nSPS) is 14.9. The van der Waals surface area contributed by atoms with Crippen molar-refractivity contribution in [3.05, 3.63) is 102 Å². The Labute approximate surface area is 186 Å². The molecule has 0 saturated carbocycles. The van der Waals surface area contributed by atoms with E-state index in [1.54, 1.807) is 22.7 Å². The maximum Gasteiger partial charge on any atom is 0.259 e. The summed E-state index contributed by atoms with van der Waals surface area (Å²) in [5.41, 5.74) is 4.55. The number of rotatable bonds is 3. The highest BCUT2D eigenvalue weighted by Gasteiger charge is 2.28. The first kappa shape index (κ1) is 19.6. The minimum Gasteiger partial charge on any atom is -0.334 e. The van der Waals surface area contributed by atoms with Crippen molar-refractivity contribution in [3.63, 3.8) is 0 Å². The maximum absolute atomic E-state index is 13.3. The predicted octanol–water partition coefficient (Wildman–Crippen LogP) is 5.18. The molecule has 31 heavy (non-hydrogen) atoms. The molecule has 0 aliphatic carbocycles. The number of nitrogens with zero attached hydrogens (tertiary/aromatic N) is 2. The van der Waals surface area contributed by atoms with Crippen LogP contribution in [0, 0.1) is 0 Å². The summed E-state index contributed by atoms with van der Waals surface area (Å²) in [5, 5.41) is 0. The quantitative estimate of drug-likeness (QED) is 0.542. The van der Waals surface area contributed by atoms with E-state index >= 15 is 0 Å². The largest absolute Gasteiger partial charge is 0.334 e. The van der Waals surface area contributed by atoms with Crippen molar-refractivity contribution in [2.45, 2.75) is 22.8 Å². The van der Waals surface area contributed by atoms with Gasteiger partial charge in [-0.25, -0.2) is 0 Å². The topological polar surface area (TPSA) is 40.6 Å². The first-order chi connectivity index (χ1) is 15.2. The van der Waals surface area contributed by atoms with Gasteiger partial charge in [0.1, 0.15) is 0 Å². The van der Waals surface area contributed by atoms with Crippen LogP contribution in [-0.2, 0) is 13.0 Å². The SMILES string of the molecule is C=CCN1C(=O)c2ccccc2Sc2ccc(C(=O)N3CCc4ccccc4C3)cc21. The summed E-state index contributed by atoms with van der Waals surface area (Å²) < 4.78 is 0. The van der Waals surface area contributed by atoms with E-state index < -0.39 is 0 Å². The van der Waals surface area contributed by atoms with E-state index in [-0.39, 0.29) is 11.8 Å². The summed E-state index contributed by atoms with van der Waals surface area (Å²) in [6.45, 7) is 5.52. The Bertz CT molecular complexity index is 1200. The Morgan fingerprint density at radius 2 is 1.77 bits per heavy atom. The zero-order valence-corrected chi connectivity index (χ0v) is 17.9. The van der Waals surface area contributed by atoms with Gasteiger partial charge in [-0.1, -0.05) is 54.2 Å². The Morgan fingerprint density at radius 3 is 2.61 bits per heavy atom. The summed E-state index contributed by atoms with van der Waals surface area (Å²) in [5.74, 6) is -0.0756. The van der Waals surface area contributed by atoms with Crippen molar-refractivity contribution in [3.8, 4) is 0 Å². The van der Waals surface area contributed by atoms with Gasteiger partial charge >= 0.3 is 0 Å². The lowest BCUT2D eigenvalue weighted by Gasteiger charge is -2.29. The third-order valence-electron chi connectivity index (χ3n) is 5.81. The van der Waals surface area contributed by atoms with Crippen LogP contribution in [0.4, 0.5) is 5.69 Å². The molecule has 0 atom stereocenters. The molecule has 0 spiro atoms. The van der Waals surface area contributed by atoms with Crippen LogP contribution >= 0.6 is 11.8 Å². The molecule has 2 heterocycles. The molecule has 5 heteroatoms. The van der Waals surface area contributed by atoms with E-state index in [9.17, 15) is 9.59 Å². The molecule has 4 nitrogen and oxygen atoms in total. The van der Waals surface area contributed by atoms with Crippen molar-refractivity contribution in [1.29, 1.82) is 0 Å². The Morgan fingerprint density at radius 1 is 1.00 bits per heavy atom. The molecule has 3 aromatic carbocycles. The first-order valence-corrected chi connectivity index (χ1v) is 11.2. The van der Waals surface area contributed by atoms with Gasteiger partial charge in [-0.2, -0.15) is 0 Å². The van der Waals surface area contributed by atoms with E-state index in [1.807, 2.05) is 59.5 Å². The fourth-order valence-electron chi connectivity index (χ4n) is 4.22. The fraction of sp³-hybridized carbons (Fsp3) is 0.154. The van der Waals surface area contributed by atoms with Crippen LogP contribution in [0.15, 0.2) is 89.2 Å². The van der Waals surface area contributed by atoms with Crippen LogP contribution in [0.5, 0.6) is 0 Å². The lowest BCUT2D eigenvalue weighted by Crippen LogP contribution is -2.36. The van der Waals surface area contributed by atoms with Crippen LogP contribution < -0.4 is 4.90 Å². The lowest BCUT2D eigenvalue weighted by molar-refractivity contribution is 0.0734. The predicted molar refractivity (Wildman–Crippen MR) is 124 cm³/mol. The summed E-state index contributed by atoms with van der Waals surface area (Å²) in [6.07, 6.45) is 2.58. The van der Waals surface area contributed by atoms with Gasteiger partial charge in [0.25, 0.3) is 11.8 Å². The van der Waals surface area contributed by atoms with Crippen LogP contribution in [0.3, 0.4) is 0 Å².